The number of carbonyl (C=O) groups excluding carboxylic acids is 1. The molecule has 30 heavy (non-hydrogen) atoms. The zero-order chi connectivity index (χ0) is 21.3. The van der Waals surface area contributed by atoms with Crippen LogP contribution in [-0.2, 0) is 18.9 Å². The molecule has 162 valence electrons. The summed E-state index contributed by atoms with van der Waals surface area (Å²) in [5.41, 5.74) is -0.161. The van der Waals surface area contributed by atoms with Crippen LogP contribution >= 0.6 is 11.8 Å². The second-order valence-corrected chi connectivity index (χ2v) is 7.72. The van der Waals surface area contributed by atoms with E-state index >= 15 is 0 Å². The minimum Gasteiger partial charge on any atom is -0.439 e. The van der Waals surface area contributed by atoms with Crippen molar-refractivity contribution in [2.45, 2.75) is 34.7 Å². The zero-order valence-corrected chi connectivity index (χ0v) is 17.2. The molecule has 2 aromatic rings. The van der Waals surface area contributed by atoms with Gasteiger partial charge in [-0.25, -0.2) is 4.79 Å². The van der Waals surface area contributed by atoms with Gasteiger partial charge in [-0.15, -0.1) is 0 Å². The Balaban J connectivity index is 1.81. The first-order chi connectivity index (χ1) is 14.6. The van der Waals surface area contributed by atoms with E-state index in [2.05, 4.69) is 5.32 Å². The maximum Gasteiger partial charge on any atom is 0.412 e. The van der Waals surface area contributed by atoms with Crippen LogP contribution in [0.25, 0.3) is 0 Å². The largest absolute Gasteiger partial charge is 0.439 e. The van der Waals surface area contributed by atoms with Gasteiger partial charge in [0.15, 0.2) is 6.10 Å². The van der Waals surface area contributed by atoms with Crippen molar-refractivity contribution < 1.29 is 34.0 Å². The summed E-state index contributed by atoms with van der Waals surface area (Å²) in [5, 5.41) is 22.9. The Hall–Kier alpha value is -2.14. The first-order valence-electron chi connectivity index (χ1n) is 9.41. The molecule has 3 N–H and O–H groups in total. The second-order valence-electron chi connectivity index (χ2n) is 6.55. The van der Waals surface area contributed by atoms with Gasteiger partial charge in [0.25, 0.3) is 0 Å². The van der Waals surface area contributed by atoms with Gasteiger partial charge in [-0.05, 0) is 24.3 Å². The van der Waals surface area contributed by atoms with Crippen molar-refractivity contribution in [2.75, 3.05) is 25.8 Å². The fourth-order valence-electron chi connectivity index (χ4n) is 3.03. The van der Waals surface area contributed by atoms with Crippen molar-refractivity contribution in [1.29, 1.82) is 0 Å². The number of aliphatic hydroxyl groups excluding tert-OH is 2. The maximum absolute atomic E-state index is 12.5. The smallest absolute Gasteiger partial charge is 0.412 e. The molecule has 0 spiro atoms. The number of thioether (sulfide) groups is 1. The zero-order valence-electron chi connectivity index (χ0n) is 16.4. The van der Waals surface area contributed by atoms with Gasteiger partial charge in [-0.3, -0.25) is 5.32 Å². The summed E-state index contributed by atoms with van der Waals surface area (Å²) < 4.78 is 22.1. The molecule has 1 heterocycles. The monoisotopic (exact) mass is 435 g/mol. The molecule has 1 saturated heterocycles. The number of rotatable bonds is 8. The first kappa shape index (κ1) is 22.5. The third-order valence-electron chi connectivity index (χ3n) is 4.44. The van der Waals surface area contributed by atoms with E-state index in [0.717, 1.165) is 4.90 Å². The number of nitrogens with one attached hydrogen (secondary N) is 1. The topological polar surface area (TPSA) is 106 Å². The van der Waals surface area contributed by atoms with Crippen molar-refractivity contribution in [1.82, 2.24) is 0 Å². The van der Waals surface area contributed by atoms with Crippen LogP contribution in [0.2, 0.25) is 0 Å². The Labute approximate surface area is 179 Å². The summed E-state index contributed by atoms with van der Waals surface area (Å²) in [7, 11) is 1.45. The summed E-state index contributed by atoms with van der Waals surface area (Å²) >= 11 is 1.31. The van der Waals surface area contributed by atoms with E-state index in [-0.39, 0.29) is 6.79 Å². The van der Waals surface area contributed by atoms with Crippen molar-refractivity contribution in [2.24, 2.45) is 0 Å². The molecule has 0 aliphatic carbocycles. The third kappa shape index (κ3) is 5.94. The molecule has 8 nitrogen and oxygen atoms in total. The van der Waals surface area contributed by atoms with Crippen LogP contribution in [-0.4, -0.2) is 66.7 Å². The minimum atomic E-state index is -1.22. The van der Waals surface area contributed by atoms with E-state index in [1.807, 2.05) is 36.4 Å². The van der Waals surface area contributed by atoms with Crippen LogP contribution in [0.4, 0.5) is 10.5 Å². The molecule has 0 saturated carbocycles. The van der Waals surface area contributed by atoms with Crippen LogP contribution in [0.15, 0.2) is 65.6 Å². The van der Waals surface area contributed by atoms with Gasteiger partial charge >= 0.3 is 6.09 Å². The molecule has 0 bridgehead atoms. The van der Waals surface area contributed by atoms with Crippen molar-refractivity contribution in [3.05, 3.63) is 60.7 Å². The van der Waals surface area contributed by atoms with Crippen molar-refractivity contribution in [3.63, 3.8) is 0 Å². The minimum absolute atomic E-state index is 0.122. The SMILES string of the molecule is COCO[C@H]1[C@H](O)[C@@H](CO)O[C@@H](Sc2ccccc2)[C@@H]1OC(=O)Nc1ccccc1. The van der Waals surface area contributed by atoms with E-state index < -0.39 is 42.6 Å². The van der Waals surface area contributed by atoms with Gasteiger partial charge in [0, 0.05) is 17.7 Å². The summed E-state index contributed by atoms with van der Waals surface area (Å²) in [5.74, 6) is 0. The number of hydrogen-bond acceptors (Lipinski definition) is 8. The molecule has 1 fully saturated rings. The molecule has 0 unspecified atom stereocenters. The summed E-state index contributed by atoms with van der Waals surface area (Å²) in [6.07, 6.45) is -4.75. The fourth-order valence-corrected chi connectivity index (χ4v) is 4.15. The lowest BCUT2D eigenvalue weighted by Gasteiger charge is -2.43. The van der Waals surface area contributed by atoms with Gasteiger partial charge in [0.05, 0.1) is 6.61 Å². The van der Waals surface area contributed by atoms with E-state index in [1.54, 1.807) is 24.3 Å². The number of para-hydroxylation sites is 1. The predicted octanol–water partition coefficient (Wildman–Crippen LogP) is 2.46. The molecule has 2 aromatic carbocycles. The molecular weight excluding hydrogens is 410 g/mol. The second kappa shape index (κ2) is 11.3. The predicted molar refractivity (Wildman–Crippen MR) is 111 cm³/mol. The number of anilines is 1. The van der Waals surface area contributed by atoms with Gasteiger partial charge in [0.1, 0.15) is 30.5 Å². The summed E-state index contributed by atoms with van der Waals surface area (Å²) in [6, 6.07) is 18.3. The third-order valence-corrected chi connectivity index (χ3v) is 5.59. The van der Waals surface area contributed by atoms with Gasteiger partial charge in [-0.1, -0.05) is 48.2 Å². The van der Waals surface area contributed by atoms with Crippen LogP contribution in [0.3, 0.4) is 0 Å². The standard InChI is InChI=1S/C21H25NO7S/c1-26-13-27-18-17(24)16(12-23)28-20(30-15-10-6-3-7-11-15)19(18)29-21(25)22-14-8-4-2-5-9-14/h2-11,16-20,23-24H,12-13H2,1H3,(H,22,25)/t16-,17-,18+,19-,20+/m1/s1. The lowest BCUT2D eigenvalue weighted by Crippen LogP contribution is -2.60. The Bertz CT molecular complexity index is 779. The fraction of sp³-hybridized carbons (Fsp3) is 0.381. The highest BCUT2D eigenvalue weighted by Crippen LogP contribution is 2.36. The Morgan fingerprint density at radius 1 is 1.10 bits per heavy atom. The Kier molecular flexibility index (Phi) is 8.50. The van der Waals surface area contributed by atoms with Crippen LogP contribution < -0.4 is 5.32 Å². The molecule has 5 atom stereocenters. The Morgan fingerprint density at radius 3 is 2.40 bits per heavy atom. The highest BCUT2D eigenvalue weighted by Gasteiger charge is 2.48. The Morgan fingerprint density at radius 2 is 1.77 bits per heavy atom. The van der Waals surface area contributed by atoms with Crippen LogP contribution in [0.5, 0.6) is 0 Å². The lowest BCUT2D eigenvalue weighted by molar-refractivity contribution is -0.236. The molecular formula is C21H25NO7S. The number of benzene rings is 2. The highest BCUT2D eigenvalue weighted by molar-refractivity contribution is 7.99. The van der Waals surface area contributed by atoms with Gasteiger partial charge in [0.2, 0.25) is 0 Å². The maximum atomic E-state index is 12.5. The normalized spacial score (nSPS) is 26.2. The number of hydrogen-bond donors (Lipinski definition) is 3. The highest BCUT2D eigenvalue weighted by atomic mass is 32.2. The molecule has 0 aromatic heterocycles. The molecule has 1 aliphatic heterocycles. The molecule has 1 aliphatic rings. The van der Waals surface area contributed by atoms with E-state index in [0.29, 0.717) is 5.69 Å². The molecule has 0 radical (unpaired) electrons. The van der Waals surface area contributed by atoms with Crippen LogP contribution in [0.1, 0.15) is 0 Å². The number of amides is 1. The molecule has 1 amide bonds. The summed E-state index contributed by atoms with van der Waals surface area (Å²) in [4.78, 5) is 13.4. The van der Waals surface area contributed by atoms with Crippen molar-refractivity contribution in [3.8, 4) is 0 Å². The number of carbonyl (C=O) groups is 1. The van der Waals surface area contributed by atoms with E-state index in [9.17, 15) is 15.0 Å². The number of ether oxygens (including phenoxy) is 4. The number of aliphatic hydroxyl groups is 2. The van der Waals surface area contributed by atoms with Crippen molar-refractivity contribution >= 4 is 23.5 Å². The van der Waals surface area contributed by atoms with E-state index in [4.69, 9.17) is 18.9 Å². The van der Waals surface area contributed by atoms with Gasteiger partial charge in [-0.2, -0.15) is 0 Å². The molecule has 3 rings (SSSR count). The van der Waals surface area contributed by atoms with Crippen LogP contribution in [0, 0.1) is 0 Å². The summed E-state index contributed by atoms with van der Waals surface area (Å²) in [6.45, 7) is -0.536. The average Bonchev–Trinajstić information content (AvgIpc) is 2.76. The quantitative estimate of drug-likeness (QED) is 0.543. The number of methoxy groups -OCH3 is 1. The average molecular weight is 435 g/mol. The lowest BCUT2D eigenvalue weighted by atomic mass is 10.00. The van der Waals surface area contributed by atoms with Gasteiger partial charge < -0.3 is 29.2 Å². The first-order valence-corrected chi connectivity index (χ1v) is 10.3. The van der Waals surface area contributed by atoms with E-state index in [1.165, 1.54) is 18.9 Å². The molecule has 9 heteroatoms.